The van der Waals surface area contributed by atoms with Gasteiger partial charge >= 0.3 is 12.2 Å². The lowest BCUT2D eigenvalue weighted by Crippen LogP contribution is -2.65. The van der Waals surface area contributed by atoms with Crippen molar-refractivity contribution in [2.24, 2.45) is 4.99 Å². The topological polar surface area (TPSA) is 86.7 Å². The zero-order valence-corrected chi connectivity index (χ0v) is 17.8. The molecule has 0 bridgehead atoms. The molecule has 3 aliphatic rings. The number of piperazine rings is 1. The Balaban J connectivity index is 1.44. The average Bonchev–Trinajstić information content (AvgIpc) is 2.89. The van der Waals surface area contributed by atoms with Crippen LogP contribution in [-0.4, -0.2) is 95.4 Å². The molecule has 3 rings (SSSR count). The van der Waals surface area contributed by atoms with Gasteiger partial charge < -0.3 is 29.5 Å². The molecule has 158 valence electrons. The molecule has 1 unspecified atom stereocenters. The molecule has 0 aromatic carbocycles. The van der Waals surface area contributed by atoms with E-state index in [2.05, 4.69) is 15.2 Å². The summed E-state index contributed by atoms with van der Waals surface area (Å²) in [5.74, 6) is 0.864. The van der Waals surface area contributed by atoms with Crippen molar-refractivity contribution in [1.82, 2.24) is 20.0 Å². The minimum Gasteiger partial charge on any atom is -0.444 e. The van der Waals surface area contributed by atoms with Crippen LogP contribution in [-0.2, 0) is 9.47 Å². The SMILES string of the molecule is CC(C)(C)OC(=O)N1CC(NC2=NCC3CN(C(=O)OC(C)(C)C)CCN23)C1. The van der Waals surface area contributed by atoms with Crippen molar-refractivity contribution >= 4 is 18.1 Å². The van der Waals surface area contributed by atoms with E-state index in [0.29, 0.717) is 32.7 Å². The normalized spacial score (nSPS) is 23.0. The van der Waals surface area contributed by atoms with Gasteiger partial charge in [0.15, 0.2) is 5.96 Å². The van der Waals surface area contributed by atoms with Crippen LogP contribution < -0.4 is 5.32 Å². The third-order valence-electron chi connectivity index (χ3n) is 4.72. The Morgan fingerprint density at radius 1 is 0.929 bits per heavy atom. The lowest BCUT2D eigenvalue weighted by Gasteiger charge is -2.43. The van der Waals surface area contributed by atoms with E-state index in [1.807, 2.05) is 41.5 Å². The van der Waals surface area contributed by atoms with Crippen LogP contribution in [0.2, 0.25) is 0 Å². The van der Waals surface area contributed by atoms with Gasteiger partial charge in [-0.1, -0.05) is 0 Å². The summed E-state index contributed by atoms with van der Waals surface area (Å²) in [4.78, 5) is 34.6. The fourth-order valence-electron chi connectivity index (χ4n) is 3.42. The zero-order valence-electron chi connectivity index (χ0n) is 17.8. The lowest BCUT2D eigenvalue weighted by atomic mass is 10.1. The second kappa shape index (κ2) is 7.33. The average molecular weight is 396 g/mol. The number of nitrogens with one attached hydrogen (secondary N) is 1. The molecule has 3 heterocycles. The van der Waals surface area contributed by atoms with Crippen molar-refractivity contribution < 1.29 is 19.1 Å². The molecule has 0 radical (unpaired) electrons. The van der Waals surface area contributed by atoms with Gasteiger partial charge in [-0.3, -0.25) is 4.99 Å². The minimum atomic E-state index is -0.489. The number of ether oxygens (including phenoxy) is 2. The van der Waals surface area contributed by atoms with E-state index >= 15 is 0 Å². The molecule has 0 aromatic rings. The van der Waals surface area contributed by atoms with Crippen LogP contribution in [0, 0.1) is 0 Å². The summed E-state index contributed by atoms with van der Waals surface area (Å²) in [5, 5.41) is 3.44. The third kappa shape index (κ3) is 4.99. The largest absolute Gasteiger partial charge is 0.444 e. The molecule has 9 heteroatoms. The van der Waals surface area contributed by atoms with Crippen molar-refractivity contribution in [2.45, 2.75) is 64.8 Å². The lowest BCUT2D eigenvalue weighted by molar-refractivity contribution is 0.00649. The van der Waals surface area contributed by atoms with Gasteiger partial charge in [0.25, 0.3) is 0 Å². The van der Waals surface area contributed by atoms with E-state index in [1.54, 1.807) is 9.80 Å². The fourth-order valence-corrected chi connectivity index (χ4v) is 3.42. The van der Waals surface area contributed by atoms with Gasteiger partial charge in [0.2, 0.25) is 0 Å². The molecule has 1 atom stereocenters. The van der Waals surface area contributed by atoms with Gasteiger partial charge in [0.05, 0.1) is 18.6 Å². The Bertz CT molecular complexity index is 646. The summed E-state index contributed by atoms with van der Waals surface area (Å²) < 4.78 is 10.9. The van der Waals surface area contributed by atoms with Crippen LogP contribution in [0.1, 0.15) is 41.5 Å². The van der Waals surface area contributed by atoms with Gasteiger partial charge in [-0.2, -0.15) is 0 Å². The Hall–Kier alpha value is -2.19. The summed E-state index contributed by atoms with van der Waals surface area (Å²) >= 11 is 0. The smallest absolute Gasteiger partial charge is 0.410 e. The maximum atomic E-state index is 12.3. The van der Waals surface area contributed by atoms with E-state index in [9.17, 15) is 9.59 Å². The number of aliphatic imine (C=N–C) groups is 1. The number of carbonyl (C=O) groups excluding carboxylic acids is 2. The molecule has 0 aromatic heterocycles. The predicted octanol–water partition coefficient (Wildman–Crippen LogP) is 1.49. The number of amides is 2. The highest BCUT2D eigenvalue weighted by molar-refractivity contribution is 5.83. The number of rotatable bonds is 1. The maximum Gasteiger partial charge on any atom is 0.410 e. The van der Waals surface area contributed by atoms with Crippen LogP contribution >= 0.6 is 0 Å². The van der Waals surface area contributed by atoms with E-state index in [-0.39, 0.29) is 24.3 Å². The van der Waals surface area contributed by atoms with Crippen LogP contribution in [0.5, 0.6) is 0 Å². The molecule has 2 fully saturated rings. The number of hydrogen-bond acceptors (Lipinski definition) is 7. The van der Waals surface area contributed by atoms with Crippen molar-refractivity contribution in [3.8, 4) is 0 Å². The van der Waals surface area contributed by atoms with E-state index in [0.717, 1.165) is 12.5 Å². The molecule has 0 spiro atoms. The first-order valence-corrected chi connectivity index (χ1v) is 9.95. The molecule has 2 saturated heterocycles. The summed E-state index contributed by atoms with van der Waals surface area (Å²) in [7, 11) is 0. The molecule has 2 amide bonds. The van der Waals surface area contributed by atoms with Crippen LogP contribution in [0.3, 0.4) is 0 Å². The third-order valence-corrected chi connectivity index (χ3v) is 4.72. The molecule has 1 N–H and O–H groups in total. The number of likely N-dealkylation sites (tertiary alicyclic amines) is 1. The van der Waals surface area contributed by atoms with Gasteiger partial charge in [0, 0.05) is 32.7 Å². The number of hydrogen-bond donors (Lipinski definition) is 1. The molecule has 9 nitrogen and oxygen atoms in total. The molecule has 28 heavy (non-hydrogen) atoms. The van der Waals surface area contributed by atoms with Gasteiger partial charge in [-0.25, -0.2) is 9.59 Å². The van der Waals surface area contributed by atoms with Crippen LogP contribution in [0.15, 0.2) is 4.99 Å². The van der Waals surface area contributed by atoms with Crippen molar-refractivity contribution in [2.75, 3.05) is 39.3 Å². The van der Waals surface area contributed by atoms with Crippen molar-refractivity contribution in [3.05, 3.63) is 0 Å². The predicted molar refractivity (Wildman–Crippen MR) is 105 cm³/mol. The number of nitrogens with zero attached hydrogens (tertiary/aromatic N) is 4. The number of carbonyl (C=O) groups is 2. The minimum absolute atomic E-state index is 0.172. The van der Waals surface area contributed by atoms with Crippen molar-refractivity contribution in [1.29, 1.82) is 0 Å². The van der Waals surface area contributed by atoms with Crippen molar-refractivity contribution in [3.63, 3.8) is 0 Å². The summed E-state index contributed by atoms with van der Waals surface area (Å²) in [6, 6.07) is 0.347. The number of guanidine groups is 1. The monoisotopic (exact) mass is 395 g/mol. The van der Waals surface area contributed by atoms with E-state index in [1.165, 1.54) is 0 Å². The fraction of sp³-hybridized carbons (Fsp3) is 0.842. The highest BCUT2D eigenvalue weighted by Gasteiger charge is 2.39. The first-order chi connectivity index (χ1) is 12.9. The Morgan fingerprint density at radius 2 is 1.50 bits per heavy atom. The van der Waals surface area contributed by atoms with Crippen LogP contribution in [0.25, 0.3) is 0 Å². The molecule has 3 aliphatic heterocycles. The maximum absolute atomic E-state index is 12.3. The first-order valence-electron chi connectivity index (χ1n) is 9.95. The molecular formula is C19H33N5O4. The molecule has 0 saturated carbocycles. The Kier molecular flexibility index (Phi) is 5.38. The first kappa shape index (κ1) is 20.5. The zero-order chi connectivity index (χ0) is 20.7. The standard InChI is InChI=1S/C19H33N5O4/c1-18(2,3)27-16(25)22-7-8-24-14(12-22)9-20-15(24)21-13-10-23(11-13)17(26)28-19(4,5)6/h13-14H,7-12H2,1-6H3,(H,20,21). The quantitative estimate of drug-likeness (QED) is 0.724. The molecular weight excluding hydrogens is 362 g/mol. The second-order valence-corrected chi connectivity index (χ2v) is 9.66. The highest BCUT2D eigenvalue weighted by Crippen LogP contribution is 2.20. The summed E-state index contributed by atoms with van der Waals surface area (Å²) in [5.41, 5.74) is -0.969. The number of fused-ring (bicyclic) bond motifs is 1. The Morgan fingerprint density at radius 3 is 2.07 bits per heavy atom. The van der Waals surface area contributed by atoms with E-state index in [4.69, 9.17) is 9.47 Å². The Labute approximate surface area is 167 Å². The summed E-state index contributed by atoms with van der Waals surface area (Å²) in [6.07, 6.45) is -0.539. The molecule has 0 aliphatic carbocycles. The van der Waals surface area contributed by atoms with Gasteiger partial charge in [0.1, 0.15) is 11.2 Å². The highest BCUT2D eigenvalue weighted by atomic mass is 16.6. The van der Waals surface area contributed by atoms with Crippen LogP contribution in [0.4, 0.5) is 9.59 Å². The van der Waals surface area contributed by atoms with Gasteiger partial charge in [-0.15, -0.1) is 0 Å². The van der Waals surface area contributed by atoms with E-state index < -0.39 is 11.2 Å². The summed E-state index contributed by atoms with van der Waals surface area (Å²) in [6.45, 7) is 15.0. The second-order valence-electron chi connectivity index (χ2n) is 9.66. The van der Waals surface area contributed by atoms with Gasteiger partial charge in [-0.05, 0) is 41.5 Å².